The molecule has 1 N–H and O–H groups in total. The lowest BCUT2D eigenvalue weighted by Gasteiger charge is -2.25. The van der Waals surface area contributed by atoms with E-state index in [1.807, 2.05) is 33.0 Å². The third-order valence-electron chi connectivity index (χ3n) is 4.31. The molecule has 0 saturated carbocycles. The van der Waals surface area contributed by atoms with E-state index in [1.54, 1.807) is 22.4 Å². The van der Waals surface area contributed by atoms with Crippen LogP contribution in [0.4, 0.5) is 4.79 Å². The molecule has 25 heavy (non-hydrogen) atoms. The smallest absolute Gasteiger partial charge is 0.317 e. The molecule has 136 valence electrons. The van der Waals surface area contributed by atoms with Crippen molar-refractivity contribution in [2.24, 2.45) is 0 Å². The highest BCUT2D eigenvalue weighted by Crippen LogP contribution is 2.19. The highest BCUT2D eigenvalue weighted by Gasteiger charge is 2.17. The Bertz CT molecular complexity index is 698. The second kappa shape index (κ2) is 8.94. The summed E-state index contributed by atoms with van der Waals surface area (Å²) in [7, 11) is 1.83. The van der Waals surface area contributed by atoms with Crippen LogP contribution in [0.2, 0.25) is 0 Å². The molecular formula is C19H28N4OS. The quantitative estimate of drug-likeness (QED) is 0.817. The van der Waals surface area contributed by atoms with Gasteiger partial charge in [-0.3, -0.25) is 4.98 Å². The molecule has 0 aliphatic carbocycles. The summed E-state index contributed by atoms with van der Waals surface area (Å²) in [6, 6.07) is 4.01. The lowest BCUT2D eigenvalue weighted by molar-refractivity contribution is 0.193. The van der Waals surface area contributed by atoms with Gasteiger partial charge in [0.1, 0.15) is 0 Å². The second-order valence-electron chi connectivity index (χ2n) is 6.74. The predicted molar refractivity (Wildman–Crippen MR) is 103 cm³/mol. The molecule has 0 radical (unpaired) electrons. The molecule has 0 fully saturated rings. The molecule has 2 aromatic heterocycles. The van der Waals surface area contributed by atoms with E-state index in [2.05, 4.69) is 34.5 Å². The first-order chi connectivity index (χ1) is 11.9. The molecule has 0 aromatic carbocycles. The number of urea groups is 1. The maximum Gasteiger partial charge on any atom is 0.317 e. The van der Waals surface area contributed by atoms with Crippen LogP contribution in [-0.4, -0.2) is 40.5 Å². The molecule has 0 saturated heterocycles. The highest BCUT2D eigenvalue weighted by molar-refractivity contribution is 7.09. The SMILES string of the molecule is Cc1cccnc1C[C@@H](C)N(C)C(=O)NCCc1csc(C(C)C)n1. The Hall–Kier alpha value is -1.95. The molecule has 0 aliphatic heterocycles. The first kappa shape index (κ1) is 19.4. The number of hydrogen-bond donors (Lipinski definition) is 1. The Balaban J connectivity index is 1.80. The average Bonchev–Trinajstić information content (AvgIpc) is 3.05. The number of rotatable bonds is 7. The van der Waals surface area contributed by atoms with Crippen molar-refractivity contribution in [3.63, 3.8) is 0 Å². The van der Waals surface area contributed by atoms with E-state index in [1.165, 1.54) is 0 Å². The van der Waals surface area contributed by atoms with Gasteiger partial charge in [0.15, 0.2) is 0 Å². The van der Waals surface area contributed by atoms with Crippen molar-refractivity contribution in [1.29, 1.82) is 0 Å². The molecule has 2 rings (SSSR count). The summed E-state index contributed by atoms with van der Waals surface area (Å²) >= 11 is 1.69. The maximum atomic E-state index is 12.3. The van der Waals surface area contributed by atoms with Gasteiger partial charge in [-0.25, -0.2) is 9.78 Å². The molecule has 1 atom stereocenters. The zero-order valence-electron chi connectivity index (χ0n) is 15.7. The predicted octanol–water partition coefficient (Wildman–Crippen LogP) is 3.79. The van der Waals surface area contributed by atoms with E-state index in [0.29, 0.717) is 12.5 Å². The number of nitrogens with one attached hydrogen (secondary N) is 1. The zero-order valence-corrected chi connectivity index (χ0v) is 16.6. The number of carbonyl (C=O) groups is 1. The van der Waals surface area contributed by atoms with Crippen molar-refractivity contribution in [3.05, 3.63) is 45.7 Å². The van der Waals surface area contributed by atoms with Crippen LogP contribution >= 0.6 is 11.3 Å². The summed E-state index contributed by atoms with van der Waals surface area (Å²) in [5.41, 5.74) is 3.25. The summed E-state index contributed by atoms with van der Waals surface area (Å²) in [6.07, 6.45) is 3.31. The topological polar surface area (TPSA) is 58.1 Å². The number of carbonyl (C=O) groups excluding carboxylic acids is 1. The molecule has 0 aliphatic rings. The van der Waals surface area contributed by atoms with Gasteiger partial charge in [0.05, 0.1) is 10.7 Å². The Kier molecular flexibility index (Phi) is 6.93. The van der Waals surface area contributed by atoms with Crippen molar-refractivity contribution >= 4 is 17.4 Å². The number of amides is 2. The van der Waals surface area contributed by atoms with E-state index in [4.69, 9.17) is 0 Å². The Morgan fingerprint density at radius 1 is 1.36 bits per heavy atom. The van der Waals surface area contributed by atoms with Crippen molar-refractivity contribution in [3.8, 4) is 0 Å². The molecule has 2 amide bonds. The number of likely N-dealkylation sites (N-methyl/N-ethyl adjacent to an activating group) is 1. The monoisotopic (exact) mass is 360 g/mol. The van der Waals surface area contributed by atoms with Gasteiger partial charge in [-0.05, 0) is 25.5 Å². The van der Waals surface area contributed by atoms with Crippen LogP contribution in [0.3, 0.4) is 0 Å². The van der Waals surface area contributed by atoms with Crippen molar-refractivity contribution in [2.45, 2.75) is 52.5 Å². The minimum Gasteiger partial charge on any atom is -0.338 e. The summed E-state index contributed by atoms with van der Waals surface area (Å²) in [4.78, 5) is 23.1. The van der Waals surface area contributed by atoms with Gasteiger partial charge in [-0.2, -0.15) is 0 Å². The summed E-state index contributed by atoms with van der Waals surface area (Å²) in [6.45, 7) is 8.98. The normalized spacial score (nSPS) is 12.2. The van der Waals surface area contributed by atoms with Crippen LogP contribution < -0.4 is 5.32 Å². The third-order valence-corrected chi connectivity index (χ3v) is 5.50. The number of hydrogen-bond acceptors (Lipinski definition) is 4. The van der Waals surface area contributed by atoms with Gasteiger partial charge in [0.25, 0.3) is 0 Å². The van der Waals surface area contributed by atoms with Gasteiger partial charge in [-0.1, -0.05) is 19.9 Å². The maximum absolute atomic E-state index is 12.3. The van der Waals surface area contributed by atoms with Gasteiger partial charge in [-0.15, -0.1) is 11.3 Å². The molecule has 0 unspecified atom stereocenters. The van der Waals surface area contributed by atoms with E-state index < -0.39 is 0 Å². The molecule has 5 nitrogen and oxygen atoms in total. The van der Waals surface area contributed by atoms with Crippen LogP contribution in [0.25, 0.3) is 0 Å². The number of nitrogens with zero attached hydrogens (tertiary/aromatic N) is 3. The fourth-order valence-electron chi connectivity index (χ4n) is 2.47. The van der Waals surface area contributed by atoms with Gasteiger partial charge in [0.2, 0.25) is 0 Å². The van der Waals surface area contributed by atoms with Gasteiger partial charge in [0, 0.05) is 55.7 Å². The fourth-order valence-corrected chi connectivity index (χ4v) is 3.34. The first-order valence-corrected chi connectivity index (χ1v) is 9.62. The Labute approximate surface area is 154 Å². The van der Waals surface area contributed by atoms with Crippen LogP contribution in [-0.2, 0) is 12.8 Å². The zero-order chi connectivity index (χ0) is 18.4. The van der Waals surface area contributed by atoms with Crippen molar-refractivity contribution in [1.82, 2.24) is 20.2 Å². The van der Waals surface area contributed by atoms with E-state index >= 15 is 0 Å². The summed E-state index contributed by atoms with van der Waals surface area (Å²) in [5.74, 6) is 0.454. The molecule has 2 heterocycles. The van der Waals surface area contributed by atoms with Crippen LogP contribution in [0, 0.1) is 6.92 Å². The van der Waals surface area contributed by atoms with E-state index in [-0.39, 0.29) is 12.1 Å². The minimum absolute atomic E-state index is 0.0552. The van der Waals surface area contributed by atoms with Crippen LogP contribution in [0.5, 0.6) is 0 Å². The fraction of sp³-hybridized carbons (Fsp3) is 0.526. The lowest BCUT2D eigenvalue weighted by atomic mass is 10.1. The third kappa shape index (κ3) is 5.53. The molecule has 6 heteroatoms. The molecule has 2 aromatic rings. The number of thiazole rings is 1. The second-order valence-corrected chi connectivity index (χ2v) is 7.63. The van der Waals surface area contributed by atoms with E-state index in [0.717, 1.165) is 34.8 Å². The standard InChI is InChI=1S/C19H28N4OS/c1-13(2)18-22-16(12-25-18)8-10-21-19(24)23(5)15(4)11-17-14(3)7-6-9-20-17/h6-7,9,12-13,15H,8,10-11H2,1-5H3,(H,21,24)/t15-/m1/s1. The van der Waals surface area contributed by atoms with Gasteiger partial charge < -0.3 is 10.2 Å². The average molecular weight is 361 g/mol. The number of pyridine rings is 1. The molecule has 0 bridgehead atoms. The van der Waals surface area contributed by atoms with Gasteiger partial charge >= 0.3 is 6.03 Å². The lowest BCUT2D eigenvalue weighted by Crippen LogP contribution is -2.44. The van der Waals surface area contributed by atoms with Crippen molar-refractivity contribution in [2.75, 3.05) is 13.6 Å². The highest BCUT2D eigenvalue weighted by atomic mass is 32.1. The molecule has 0 spiro atoms. The van der Waals surface area contributed by atoms with Crippen molar-refractivity contribution < 1.29 is 4.79 Å². The number of aryl methyl sites for hydroxylation is 1. The first-order valence-electron chi connectivity index (χ1n) is 8.74. The largest absolute Gasteiger partial charge is 0.338 e. The van der Waals surface area contributed by atoms with Crippen LogP contribution in [0.15, 0.2) is 23.7 Å². The Morgan fingerprint density at radius 2 is 2.12 bits per heavy atom. The molecular weight excluding hydrogens is 332 g/mol. The van der Waals surface area contributed by atoms with Crippen LogP contribution in [0.1, 0.15) is 48.6 Å². The summed E-state index contributed by atoms with van der Waals surface area (Å²) in [5, 5.41) is 6.21. The summed E-state index contributed by atoms with van der Waals surface area (Å²) < 4.78 is 0. The Morgan fingerprint density at radius 3 is 2.76 bits per heavy atom. The minimum atomic E-state index is -0.0552. The number of aromatic nitrogens is 2. The van der Waals surface area contributed by atoms with E-state index in [9.17, 15) is 4.79 Å².